The van der Waals surface area contributed by atoms with Crippen LogP contribution in [0.1, 0.15) is 22.8 Å². The Morgan fingerprint density at radius 2 is 1.71 bits per heavy atom. The predicted octanol–water partition coefficient (Wildman–Crippen LogP) is -3.53. The standard InChI is InChI=1S/C21H28N7O17P3/c22-17-12-19(25-7-24-17)28(8-26-12)21-16(44-46(33,34)35)14(30)11(43-21)6-41-48(38,39)45-47(36,37)40-5-10-13(29)15(31)20(42-10)27-3-1-2-9(4-27)18(23)32/h1-4,7-8,10-11,13-16,20-21,29-31H,5-6H2,(H7-,22,23,24,25,32,33,34,35,36,37,38,39)/t10-,11-,13?,14+,15+,16?,20-,21-/m1/s1. The van der Waals surface area contributed by atoms with Gasteiger partial charge in [0.25, 0.3) is 20.0 Å². The highest BCUT2D eigenvalue weighted by atomic mass is 31.3. The van der Waals surface area contributed by atoms with Gasteiger partial charge in [0.1, 0.15) is 47.9 Å². The van der Waals surface area contributed by atoms with E-state index >= 15 is 0 Å². The fourth-order valence-electron chi connectivity index (χ4n) is 4.82. The molecule has 0 spiro atoms. The molecule has 4 unspecified atom stereocenters. The number of phosphoric acid groups is 3. The molecule has 27 heteroatoms. The van der Waals surface area contributed by atoms with Crippen molar-refractivity contribution < 1.29 is 85.3 Å². The molecule has 10 atom stereocenters. The number of phosphoric ester groups is 3. The molecule has 264 valence electrons. The minimum atomic E-state index is -5.72. The maximum absolute atomic E-state index is 12.5. The van der Waals surface area contributed by atoms with Crippen molar-refractivity contribution in [3.05, 3.63) is 42.7 Å². The first kappa shape index (κ1) is 36.4. The number of imidazole rings is 1. The fourth-order valence-corrected chi connectivity index (χ4v) is 7.42. The van der Waals surface area contributed by atoms with Crippen molar-refractivity contribution in [1.29, 1.82) is 0 Å². The first-order valence-corrected chi connectivity index (χ1v) is 17.8. The van der Waals surface area contributed by atoms with Crippen LogP contribution < -0.4 is 20.9 Å². The molecule has 5 heterocycles. The molecule has 10 N–H and O–H groups in total. The average molecular weight is 743 g/mol. The van der Waals surface area contributed by atoms with E-state index in [4.69, 9.17) is 20.9 Å². The molecular formula is C21H28N7O17P3. The molecule has 2 fully saturated rings. The Morgan fingerprint density at radius 3 is 2.40 bits per heavy atom. The van der Waals surface area contributed by atoms with E-state index in [-0.39, 0.29) is 22.5 Å². The Labute approximate surface area is 267 Å². The van der Waals surface area contributed by atoms with E-state index in [9.17, 15) is 53.4 Å². The molecule has 0 bridgehead atoms. The normalized spacial score (nSPS) is 30.3. The van der Waals surface area contributed by atoms with E-state index < -0.39 is 91.7 Å². The summed E-state index contributed by atoms with van der Waals surface area (Å²) in [4.78, 5) is 64.4. The second-order valence-corrected chi connectivity index (χ2v) is 14.4. The summed E-state index contributed by atoms with van der Waals surface area (Å²) in [7, 11) is -16.6. The Balaban J connectivity index is 1.21. The lowest BCUT2D eigenvalue weighted by atomic mass is 10.1. The zero-order valence-electron chi connectivity index (χ0n) is 23.9. The van der Waals surface area contributed by atoms with Crippen LogP contribution in [-0.2, 0) is 41.1 Å². The van der Waals surface area contributed by atoms with Gasteiger partial charge >= 0.3 is 15.6 Å². The molecule has 5 rings (SSSR count). The molecule has 3 aromatic heterocycles. The summed E-state index contributed by atoms with van der Waals surface area (Å²) >= 11 is 0. The summed E-state index contributed by atoms with van der Waals surface area (Å²) in [5.41, 5.74) is 11.1. The zero-order valence-corrected chi connectivity index (χ0v) is 26.6. The first-order valence-electron chi connectivity index (χ1n) is 13.3. The second-order valence-electron chi connectivity index (χ2n) is 10.2. The SMILES string of the molecule is NC(=O)c1ccc[n+]([C@@H]2O[C@H](COP(=O)([O-])OP(=O)(O)OC[C@H]3O[C@@H](n4cnc5c(N)ncnc54)C(OP(=O)(O)O)[C@H]3O)C(O)[C@@H]2O)c1. The van der Waals surface area contributed by atoms with E-state index in [1.54, 1.807) is 0 Å². The van der Waals surface area contributed by atoms with Gasteiger partial charge in [-0.1, -0.05) is 0 Å². The number of hydrogen-bond acceptors (Lipinski definition) is 18. The number of pyridine rings is 1. The summed E-state index contributed by atoms with van der Waals surface area (Å²) in [6, 6.07) is 2.77. The van der Waals surface area contributed by atoms with Crippen molar-refractivity contribution in [2.24, 2.45) is 5.73 Å². The fraction of sp³-hybridized carbons (Fsp3) is 0.476. The van der Waals surface area contributed by atoms with Gasteiger partial charge in [-0.15, -0.1) is 0 Å². The number of hydrogen-bond donors (Lipinski definition) is 8. The Morgan fingerprint density at radius 1 is 1.02 bits per heavy atom. The summed E-state index contributed by atoms with van der Waals surface area (Å²) in [5, 5.41) is 31.5. The lowest BCUT2D eigenvalue weighted by molar-refractivity contribution is -0.765. The van der Waals surface area contributed by atoms with E-state index in [2.05, 4.69) is 32.8 Å². The van der Waals surface area contributed by atoms with Crippen LogP contribution in [0.4, 0.5) is 5.82 Å². The Bertz CT molecular complexity index is 1810. The number of nitrogen functional groups attached to an aromatic ring is 1. The van der Waals surface area contributed by atoms with Gasteiger partial charge < -0.3 is 60.4 Å². The molecule has 0 aromatic carbocycles. The molecule has 2 saturated heterocycles. The minimum Gasteiger partial charge on any atom is -0.756 e. The van der Waals surface area contributed by atoms with Crippen molar-refractivity contribution in [1.82, 2.24) is 19.5 Å². The van der Waals surface area contributed by atoms with Gasteiger partial charge in [0.05, 0.1) is 19.5 Å². The van der Waals surface area contributed by atoms with Crippen LogP contribution in [0.2, 0.25) is 0 Å². The number of carbonyl (C=O) groups excluding carboxylic acids is 1. The van der Waals surface area contributed by atoms with Crippen LogP contribution in [0.25, 0.3) is 11.2 Å². The van der Waals surface area contributed by atoms with Crippen molar-refractivity contribution in [2.75, 3.05) is 18.9 Å². The van der Waals surface area contributed by atoms with Gasteiger partial charge in [0.2, 0.25) is 0 Å². The largest absolute Gasteiger partial charge is 0.756 e. The number of rotatable bonds is 13. The number of aliphatic hydroxyl groups excluding tert-OH is 3. The lowest BCUT2D eigenvalue weighted by Gasteiger charge is -2.26. The maximum Gasteiger partial charge on any atom is 0.478 e. The molecule has 3 aromatic rings. The van der Waals surface area contributed by atoms with Crippen LogP contribution in [0.15, 0.2) is 37.2 Å². The summed E-state index contributed by atoms with van der Waals surface area (Å²) in [6.45, 7) is -2.12. The molecular weight excluding hydrogens is 715 g/mol. The van der Waals surface area contributed by atoms with Crippen LogP contribution in [0.3, 0.4) is 0 Å². The van der Waals surface area contributed by atoms with Crippen LogP contribution >= 0.6 is 23.5 Å². The number of primary amides is 1. The summed E-state index contributed by atoms with van der Waals surface area (Å²) < 4.78 is 67.9. The second kappa shape index (κ2) is 13.8. The number of nitrogens with two attached hydrogens (primary N) is 2. The molecule has 2 aliphatic rings. The predicted molar refractivity (Wildman–Crippen MR) is 148 cm³/mol. The third kappa shape index (κ3) is 8.12. The molecule has 1 amide bonds. The lowest BCUT2D eigenvalue weighted by Crippen LogP contribution is -2.46. The molecule has 24 nitrogen and oxygen atoms in total. The van der Waals surface area contributed by atoms with Crippen LogP contribution in [0, 0.1) is 0 Å². The van der Waals surface area contributed by atoms with Crippen molar-refractivity contribution in [3.8, 4) is 0 Å². The van der Waals surface area contributed by atoms with Crippen LogP contribution in [0.5, 0.6) is 0 Å². The Kier molecular flexibility index (Phi) is 10.5. The average Bonchev–Trinajstić information content (AvgIpc) is 3.64. The number of carbonyl (C=O) groups is 1. The van der Waals surface area contributed by atoms with Gasteiger partial charge in [0.15, 0.2) is 36.2 Å². The maximum atomic E-state index is 12.5. The smallest absolute Gasteiger partial charge is 0.478 e. The molecule has 0 radical (unpaired) electrons. The molecule has 0 saturated carbocycles. The summed E-state index contributed by atoms with van der Waals surface area (Å²) in [6.07, 6.45) is -8.59. The zero-order chi connectivity index (χ0) is 35.2. The van der Waals surface area contributed by atoms with Gasteiger partial charge in [-0.05, 0) is 6.07 Å². The topological polar surface area (TPSA) is 368 Å². The highest BCUT2D eigenvalue weighted by Crippen LogP contribution is 2.58. The van der Waals surface area contributed by atoms with Crippen molar-refractivity contribution in [3.63, 3.8) is 0 Å². The van der Waals surface area contributed by atoms with Gasteiger partial charge in [-0.3, -0.25) is 23.0 Å². The minimum absolute atomic E-state index is 0.00541. The van der Waals surface area contributed by atoms with Gasteiger partial charge in [-0.25, -0.2) is 28.4 Å². The molecule has 2 aliphatic heterocycles. The van der Waals surface area contributed by atoms with E-state index in [1.165, 1.54) is 29.1 Å². The number of nitrogens with zero attached hydrogens (tertiary/aromatic N) is 5. The first-order chi connectivity index (χ1) is 22.4. The third-order valence-electron chi connectivity index (χ3n) is 6.97. The summed E-state index contributed by atoms with van der Waals surface area (Å²) in [5.74, 6) is -0.862. The Hall–Kier alpha value is -2.86. The number of amides is 1. The highest BCUT2D eigenvalue weighted by molar-refractivity contribution is 7.60. The highest BCUT2D eigenvalue weighted by Gasteiger charge is 2.51. The van der Waals surface area contributed by atoms with Gasteiger partial charge in [0, 0.05) is 6.07 Å². The molecule has 48 heavy (non-hydrogen) atoms. The van der Waals surface area contributed by atoms with E-state index in [1.807, 2.05) is 0 Å². The quantitative estimate of drug-likeness (QED) is 0.0621. The van der Waals surface area contributed by atoms with E-state index in [0.717, 1.165) is 17.2 Å². The van der Waals surface area contributed by atoms with Gasteiger partial charge in [-0.2, -0.15) is 4.57 Å². The number of aromatic nitrogens is 5. The number of anilines is 1. The monoisotopic (exact) mass is 743 g/mol. The van der Waals surface area contributed by atoms with E-state index in [0.29, 0.717) is 0 Å². The number of aliphatic hydroxyl groups is 3. The number of ether oxygens (including phenoxy) is 2. The number of fused-ring (bicyclic) bond motifs is 1. The molecule has 0 aliphatic carbocycles. The third-order valence-corrected chi connectivity index (χ3v) is 10.1. The van der Waals surface area contributed by atoms with Crippen molar-refractivity contribution >= 4 is 46.4 Å². The van der Waals surface area contributed by atoms with Crippen molar-refractivity contribution in [2.45, 2.75) is 49.1 Å². The van der Waals surface area contributed by atoms with Crippen LogP contribution in [-0.4, -0.2) is 105 Å².